The molecule has 4 nitrogen and oxygen atoms in total. The first-order chi connectivity index (χ1) is 9.10. The Hall–Kier alpha value is -2.17. The largest absolute Gasteiger partial charge is 0.364 e. The predicted octanol–water partition coefficient (Wildman–Crippen LogP) is 1.52. The second kappa shape index (κ2) is 5.65. The lowest BCUT2D eigenvalue weighted by Crippen LogP contribution is -2.37. The van der Waals surface area contributed by atoms with Crippen LogP contribution in [0.5, 0.6) is 0 Å². The fraction of sp³-hybridized carbons (Fsp3) is 0.286. The zero-order valence-electron chi connectivity index (χ0n) is 10.7. The van der Waals surface area contributed by atoms with Crippen LogP contribution in [0.3, 0.4) is 0 Å². The Morgan fingerprint density at radius 2 is 2.32 bits per heavy atom. The van der Waals surface area contributed by atoms with Crippen LogP contribution in [0.1, 0.15) is 18.9 Å². The van der Waals surface area contributed by atoms with Crippen molar-refractivity contribution >= 4 is 11.7 Å². The molecule has 3 N–H and O–H groups in total. The number of nitrogens with one attached hydrogen (secondary N) is 1. The summed E-state index contributed by atoms with van der Waals surface area (Å²) in [5.41, 5.74) is 7.46. The van der Waals surface area contributed by atoms with E-state index in [-0.39, 0.29) is 5.82 Å². The number of benzene rings is 1. The summed E-state index contributed by atoms with van der Waals surface area (Å²) in [6.07, 6.45) is 1.17. The number of carbonyl (C=O) groups excluding carboxylic acids is 1. The molecule has 0 saturated carbocycles. The summed E-state index contributed by atoms with van der Waals surface area (Å²) >= 11 is 0. The molecule has 0 spiro atoms. The van der Waals surface area contributed by atoms with Crippen LogP contribution in [-0.2, 0) is 11.2 Å². The first-order valence-electron chi connectivity index (χ1n) is 6.16. The monoisotopic (exact) mass is 261 g/mol. The van der Waals surface area contributed by atoms with Crippen molar-refractivity contribution in [2.24, 2.45) is 10.7 Å². The highest BCUT2D eigenvalue weighted by atomic mass is 19.1. The molecule has 1 heterocycles. The van der Waals surface area contributed by atoms with E-state index in [1.54, 1.807) is 6.07 Å². The summed E-state index contributed by atoms with van der Waals surface area (Å²) in [5, 5.41) is 2.95. The van der Waals surface area contributed by atoms with Crippen molar-refractivity contribution < 1.29 is 9.18 Å². The number of hydrogen-bond acceptors (Lipinski definition) is 3. The van der Waals surface area contributed by atoms with E-state index in [1.165, 1.54) is 12.1 Å². The van der Waals surface area contributed by atoms with Gasteiger partial charge in [-0.15, -0.1) is 0 Å². The minimum Gasteiger partial charge on any atom is -0.364 e. The quantitative estimate of drug-likeness (QED) is 0.863. The molecule has 19 heavy (non-hydrogen) atoms. The summed E-state index contributed by atoms with van der Waals surface area (Å²) < 4.78 is 13.1. The van der Waals surface area contributed by atoms with Gasteiger partial charge in [0.1, 0.15) is 17.3 Å². The summed E-state index contributed by atoms with van der Waals surface area (Å²) in [5.74, 6) is -0.131. The summed E-state index contributed by atoms with van der Waals surface area (Å²) in [4.78, 5) is 15.7. The van der Waals surface area contributed by atoms with Crippen molar-refractivity contribution in [1.29, 1.82) is 0 Å². The van der Waals surface area contributed by atoms with Crippen molar-refractivity contribution in [3.05, 3.63) is 46.9 Å². The Bertz CT molecular complexity index is 564. The molecular formula is C14H16FN3O. The van der Waals surface area contributed by atoms with E-state index in [1.807, 2.05) is 13.0 Å². The van der Waals surface area contributed by atoms with Crippen LogP contribution in [0.2, 0.25) is 0 Å². The first-order valence-corrected chi connectivity index (χ1v) is 6.16. The minimum absolute atomic E-state index is 0.283. The van der Waals surface area contributed by atoms with Gasteiger partial charge in [0.2, 0.25) is 0 Å². The van der Waals surface area contributed by atoms with Gasteiger partial charge in [0.25, 0.3) is 5.91 Å². The number of primary amides is 1. The van der Waals surface area contributed by atoms with E-state index >= 15 is 0 Å². The number of aliphatic imine (C=N–C) groups is 1. The van der Waals surface area contributed by atoms with Crippen LogP contribution in [0, 0.1) is 5.82 Å². The number of amides is 1. The SMILES string of the molecule is CCC1=C(C(N)=O)NC(Cc2cccc(F)c2)=NC1. The zero-order valence-corrected chi connectivity index (χ0v) is 10.7. The average Bonchev–Trinajstić information content (AvgIpc) is 2.38. The van der Waals surface area contributed by atoms with Gasteiger partial charge in [-0.25, -0.2) is 4.39 Å². The van der Waals surface area contributed by atoms with E-state index in [2.05, 4.69) is 10.3 Å². The molecule has 0 aliphatic carbocycles. The number of amidine groups is 1. The average molecular weight is 261 g/mol. The van der Waals surface area contributed by atoms with Crippen LogP contribution in [0.25, 0.3) is 0 Å². The molecule has 1 aliphatic heterocycles. The number of nitrogens with zero attached hydrogens (tertiary/aromatic N) is 1. The highest BCUT2D eigenvalue weighted by Crippen LogP contribution is 2.13. The van der Waals surface area contributed by atoms with Crippen molar-refractivity contribution in [2.75, 3.05) is 6.54 Å². The first kappa shape index (κ1) is 13.3. The Balaban J connectivity index is 2.12. The third-order valence-corrected chi connectivity index (χ3v) is 3.02. The molecule has 5 heteroatoms. The maximum absolute atomic E-state index is 13.1. The molecule has 0 unspecified atom stereocenters. The van der Waals surface area contributed by atoms with E-state index in [9.17, 15) is 9.18 Å². The van der Waals surface area contributed by atoms with Gasteiger partial charge in [0.05, 0.1) is 6.54 Å². The molecule has 0 saturated heterocycles. The number of halogens is 1. The number of rotatable bonds is 4. The molecule has 0 fully saturated rings. The fourth-order valence-corrected chi connectivity index (χ4v) is 2.01. The standard InChI is InChI=1S/C14H16FN3O/c1-2-10-8-17-12(18-13(10)14(16)19)7-9-4-3-5-11(15)6-9/h3-6H,2,7-8H2,1H3,(H2,16,19)(H,17,18). The van der Waals surface area contributed by atoms with Gasteiger partial charge in [-0.2, -0.15) is 0 Å². The second-order valence-corrected chi connectivity index (χ2v) is 4.39. The summed E-state index contributed by atoms with van der Waals surface area (Å²) in [7, 11) is 0. The maximum Gasteiger partial charge on any atom is 0.265 e. The van der Waals surface area contributed by atoms with Gasteiger partial charge in [-0.05, 0) is 29.7 Å². The van der Waals surface area contributed by atoms with Crippen LogP contribution < -0.4 is 11.1 Å². The minimum atomic E-state index is -0.483. The lowest BCUT2D eigenvalue weighted by atomic mass is 10.1. The molecular weight excluding hydrogens is 245 g/mol. The van der Waals surface area contributed by atoms with Gasteiger partial charge in [-0.3, -0.25) is 9.79 Å². The molecule has 0 bridgehead atoms. The molecule has 1 amide bonds. The van der Waals surface area contributed by atoms with Crippen molar-refractivity contribution in [2.45, 2.75) is 19.8 Å². The number of carbonyl (C=O) groups is 1. The Morgan fingerprint density at radius 1 is 1.53 bits per heavy atom. The molecule has 100 valence electrons. The predicted molar refractivity (Wildman–Crippen MR) is 72.1 cm³/mol. The third kappa shape index (κ3) is 3.19. The third-order valence-electron chi connectivity index (χ3n) is 3.02. The topological polar surface area (TPSA) is 67.5 Å². The Morgan fingerprint density at radius 3 is 2.95 bits per heavy atom. The highest BCUT2D eigenvalue weighted by Gasteiger charge is 2.17. The smallest absolute Gasteiger partial charge is 0.265 e. The molecule has 1 aliphatic rings. The van der Waals surface area contributed by atoms with Gasteiger partial charge in [0.15, 0.2) is 0 Å². The molecule has 0 aromatic heterocycles. The molecule has 1 aromatic rings. The van der Waals surface area contributed by atoms with Gasteiger partial charge >= 0.3 is 0 Å². The molecule has 0 atom stereocenters. The van der Waals surface area contributed by atoms with Gasteiger partial charge < -0.3 is 11.1 Å². The summed E-state index contributed by atoms with van der Waals surface area (Å²) in [6, 6.07) is 6.31. The number of hydrogen-bond donors (Lipinski definition) is 2. The molecule has 2 rings (SSSR count). The van der Waals surface area contributed by atoms with Crippen LogP contribution in [-0.4, -0.2) is 18.3 Å². The Kier molecular flexibility index (Phi) is 3.94. The molecule has 0 radical (unpaired) electrons. The normalized spacial score (nSPS) is 14.9. The highest BCUT2D eigenvalue weighted by molar-refractivity contribution is 6.00. The van der Waals surface area contributed by atoms with Crippen LogP contribution in [0.15, 0.2) is 40.5 Å². The van der Waals surface area contributed by atoms with Gasteiger partial charge in [0, 0.05) is 6.42 Å². The van der Waals surface area contributed by atoms with Crippen LogP contribution >= 0.6 is 0 Å². The van der Waals surface area contributed by atoms with Gasteiger partial charge in [-0.1, -0.05) is 19.1 Å². The lowest BCUT2D eigenvalue weighted by molar-refractivity contribution is -0.114. The Labute approximate surface area is 111 Å². The summed E-state index contributed by atoms with van der Waals surface area (Å²) in [6.45, 7) is 2.42. The van der Waals surface area contributed by atoms with E-state index in [4.69, 9.17) is 5.73 Å². The maximum atomic E-state index is 13.1. The van der Waals surface area contributed by atoms with E-state index < -0.39 is 5.91 Å². The fourth-order valence-electron chi connectivity index (χ4n) is 2.01. The van der Waals surface area contributed by atoms with Crippen molar-refractivity contribution in [1.82, 2.24) is 5.32 Å². The van der Waals surface area contributed by atoms with Crippen molar-refractivity contribution in [3.63, 3.8) is 0 Å². The molecule has 1 aromatic carbocycles. The van der Waals surface area contributed by atoms with E-state index in [0.717, 1.165) is 17.6 Å². The van der Waals surface area contributed by atoms with Crippen LogP contribution in [0.4, 0.5) is 4.39 Å². The van der Waals surface area contributed by atoms with E-state index in [0.29, 0.717) is 24.5 Å². The number of nitrogens with two attached hydrogens (primary N) is 1. The zero-order chi connectivity index (χ0) is 13.8. The second-order valence-electron chi connectivity index (χ2n) is 4.39. The lowest BCUT2D eigenvalue weighted by Gasteiger charge is -2.19. The van der Waals surface area contributed by atoms with Crippen molar-refractivity contribution in [3.8, 4) is 0 Å².